The Morgan fingerprint density at radius 3 is 2.33 bits per heavy atom. The molecule has 2 amide bonds. The van der Waals surface area contributed by atoms with E-state index in [9.17, 15) is 9.59 Å². The maximum Gasteiger partial charge on any atom is 0.278 e. The smallest absolute Gasteiger partial charge is 0.278 e. The lowest BCUT2D eigenvalue weighted by atomic mass is 10.2. The predicted molar refractivity (Wildman–Crippen MR) is 128 cm³/mol. The highest BCUT2D eigenvalue weighted by molar-refractivity contribution is 8.04. The first-order chi connectivity index (χ1) is 15.9. The number of methoxy groups -OCH3 is 1. The third-order valence-corrected chi connectivity index (χ3v) is 6.13. The van der Waals surface area contributed by atoms with Crippen LogP contribution in [0.4, 0.5) is 5.69 Å². The summed E-state index contributed by atoms with van der Waals surface area (Å²) in [5.41, 5.74) is 3.11. The van der Waals surface area contributed by atoms with Crippen LogP contribution < -0.4 is 10.1 Å². The fourth-order valence-electron chi connectivity index (χ4n) is 3.39. The lowest BCUT2D eigenvalue weighted by Crippen LogP contribution is -2.31. The van der Waals surface area contributed by atoms with Crippen molar-refractivity contribution in [3.05, 3.63) is 87.2 Å². The van der Waals surface area contributed by atoms with Gasteiger partial charge in [-0.25, -0.2) is 9.97 Å². The zero-order valence-electron chi connectivity index (χ0n) is 18.3. The van der Waals surface area contributed by atoms with Gasteiger partial charge in [-0.3, -0.25) is 14.5 Å². The summed E-state index contributed by atoms with van der Waals surface area (Å²) >= 11 is 7.32. The van der Waals surface area contributed by atoms with Crippen LogP contribution in [0.15, 0.2) is 70.4 Å². The van der Waals surface area contributed by atoms with Gasteiger partial charge in [-0.05, 0) is 55.4 Å². The van der Waals surface area contributed by atoms with Crippen LogP contribution in [-0.4, -0.2) is 33.8 Å². The number of anilines is 1. The summed E-state index contributed by atoms with van der Waals surface area (Å²) in [5.74, 6) is -0.324. The molecule has 1 N–H and O–H groups in total. The van der Waals surface area contributed by atoms with Crippen molar-refractivity contribution in [1.82, 2.24) is 14.9 Å². The second kappa shape index (κ2) is 9.64. The van der Waals surface area contributed by atoms with Crippen LogP contribution >= 0.6 is 23.4 Å². The van der Waals surface area contributed by atoms with Crippen molar-refractivity contribution in [2.75, 3.05) is 12.4 Å². The van der Waals surface area contributed by atoms with Gasteiger partial charge in [0, 0.05) is 17.1 Å². The van der Waals surface area contributed by atoms with E-state index in [2.05, 4.69) is 15.3 Å². The van der Waals surface area contributed by atoms with E-state index < -0.39 is 11.8 Å². The Balaban J connectivity index is 1.71. The van der Waals surface area contributed by atoms with E-state index in [1.165, 1.54) is 12.0 Å². The lowest BCUT2D eigenvalue weighted by molar-refractivity contribution is -0.137. The van der Waals surface area contributed by atoms with E-state index in [4.69, 9.17) is 16.3 Å². The summed E-state index contributed by atoms with van der Waals surface area (Å²) in [5, 5.41) is 3.86. The maximum atomic E-state index is 13.3. The Morgan fingerprint density at radius 1 is 1.00 bits per heavy atom. The molecule has 0 spiro atoms. The molecule has 33 heavy (non-hydrogen) atoms. The van der Waals surface area contributed by atoms with Gasteiger partial charge in [0.2, 0.25) is 0 Å². The number of aryl methyl sites for hydroxylation is 2. The number of carbonyl (C=O) groups is 2. The summed E-state index contributed by atoms with van der Waals surface area (Å²) in [6.07, 6.45) is 0. The quantitative estimate of drug-likeness (QED) is 0.386. The zero-order valence-corrected chi connectivity index (χ0v) is 19.8. The summed E-state index contributed by atoms with van der Waals surface area (Å²) in [7, 11) is 1.52. The van der Waals surface area contributed by atoms with E-state index in [0.29, 0.717) is 21.6 Å². The molecule has 1 aliphatic heterocycles. The van der Waals surface area contributed by atoms with Crippen LogP contribution in [0.3, 0.4) is 0 Å². The van der Waals surface area contributed by atoms with E-state index >= 15 is 0 Å². The number of ether oxygens (including phenoxy) is 1. The molecule has 7 nitrogen and oxygen atoms in total. The Labute approximate surface area is 200 Å². The van der Waals surface area contributed by atoms with Gasteiger partial charge in [-0.1, -0.05) is 41.9 Å². The lowest BCUT2D eigenvalue weighted by Gasteiger charge is -2.15. The fraction of sp³-hybridized carbons (Fsp3) is 0.167. The minimum atomic E-state index is -0.428. The number of benzene rings is 2. The molecule has 0 unspecified atom stereocenters. The second-order valence-electron chi connectivity index (χ2n) is 7.40. The van der Waals surface area contributed by atoms with Crippen LogP contribution in [-0.2, 0) is 16.1 Å². The topological polar surface area (TPSA) is 84.4 Å². The van der Waals surface area contributed by atoms with Crippen molar-refractivity contribution in [1.29, 1.82) is 0 Å². The molecule has 0 radical (unpaired) electrons. The molecule has 1 aromatic heterocycles. The highest BCUT2D eigenvalue weighted by Crippen LogP contribution is 2.36. The molecule has 0 atom stereocenters. The number of halogens is 1. The van der Waals surface area contributed by atoms with Crippen molar-refractivity contribution in [2.45, 2.75) is 25.5 Å². The minimum Gasteiger partial charge on any atom is -0.495 e. The van der Waals surface area contributed by atoms with Gasteiger partial charge in [-0.2, -0.15) is 0 Å². The molecule has 3 aromatic rings. The van der Waals surface area contributed by atoms with E-state index in [1.54, 1.807) is 18.2 Å². The van der Waals surface area contributed by atoms with Crippen LogP contribution in [0.5, 0.6) is 5.75 Å². The van der Waals surface area contributed by atoms with Gasteiger partial charge in [0.05, 0.1) is 18.7 Å². The highest BCUT2D eigenvalue weighted by atomic mass is 35.5. The van der Waals surface area contributed by atoms with Crippen molar-refractivity contribution >= 4 is 40.9 Å². The third-order valence-electron chi connectivity index (χ3n) is 4.89. The first kappa shape index (κ1) is 22.8. The van der Waals surface area contributed by atoms with E-state index in [0.717, 1.165) is 28.7 Å². The van der Waals surface area contributed by atoms with Crippen molar-refractivity contribution in [3.8, 4) is 5.75 Å². The van der Waals surface area contributed by atoms with Crippen LogP contribution in [0.2, 0.25) is 5.02 Å². The van der Waals surface area contributed by atoms with Crippen molar-refractivity contribution in [2.24, 2.45) is 0 Å². The molecule has 0 saturated carbocycles. The third kappa shape index (κ3) is 5.02. The molecule has 1 aliphatic rings. The zero-order chi connectivity index (χ0) is 23.5. The number of thioether (sulfide) groups is 1. The number of nitrogens with zero attached hydrogens (tertiary/aromatic N) is 3. The summed E-state index contributed by atoms with van der Waals surface area (Å²) in [6, 6.07) is 16.3. The number of nitrogens with one attached hydrogen (secondary N) is 1. The van der Waals surface area contributed by atoms with E-state index in [-0.39, 0.29) is 17.1 Å². The number of hydrogen-bond acceptors (Lipinski definition) is 7. The molecular formula is C24H21ClN4O3S. The van der Waals surface area contributed by atoms with Gasteiger partial charge in [0.15, 0.2) is 5.16 Å². The van der Waals surface area contributed by atoms with E-state index in [1.807, 2.05) is 50.2 Å². The molecule has 4 rings (SSSR count). The number of aromatic nitrogens is 2. The average molecular weight is 481 g/mol. The monoisotopic (exact) mass is 480 g/mol. The SMILES string of the molecule is COc1ccc(NC2=C(Sc3nc(C)cc(C)n3)C(=O)N(Cc3ccccc3)C2=O)cc1Cl. The van der Waals surface area contributed by atoms with Crippen LogP contribution in [0.25, 0.3) is 0 Å². The van der Waals surface area contributed by atoms with Crippen molar-refractivity contribution in [3.63, 3.8) is 0 Å². The number of imide groups is 1. The Kier molecular flexibility index (Phi) is 6.67. The molecule has 0 saturated heterocycles. The standard InChI is InChI=1S/C24H21ClN4O3S/c1-14-11-15(2)27-24(26-14)33-21-20(28-17-9-10-19(32-3)18(25)12-17)22(30)29(23(21)31)13-16-7-5-4-6-8-16/h4-12,28H,13H2,1-3H3. The number of carbonyl (C=O) groups excluding carboxylic acids is 2. The summed E-state index contributed by atoms with van der Waals surface area (Å²) in [6.45, 7) is 3.87. The predicted octanol–water partition coefficient (Wildman–Crippen LogP) is 4.74. The first-order valence-electron chi connectivity index (χ1n) is 10.1. The van der Waals surface area contributed by atoms with Crippen LogP contribution in [0, 0.1) is 13.8 Å². The van der Waals surface area contributed by atoms with Crippen LogP contribution in [0.1, 0.15) is 17.0 Å². The van der Waals surface area contributed by atoms with Gasteiger partial charge in [0.25, 0.3) is 11.8 Å². The Bertz CT molecular complexity index is 1240. The van der Waals surface area contributed by atoms with Crippen molar-refractivity contribution < 1.29 is 14.3 Å². The molecule has 168 valence electrons. The van der Waals surface area contributed by atoms with Gasteiger partial charge in [-0.15, -0.1) is 0 Å². The Hall–Kier alpha value is -3.36. The summed E-state index contributed by atoms with van der Waals surface area (Å²) < 4.78 is 5.19. The van der Waals surface area contributed by atoms with Gasteiger partial charge < -0.3 is 10.1 Å². The molecule has 0 bridgehead atoms. The first-order valence-corrected chi connectivity index (χ1v) is 11.3. The molecule has 0 aliphatic carbocycles. The normalized spacial score (nSPS) is 13.6. The maximum absolute atomic E-state index is 13.3. The summed E-state index contributed by atoms with van der Waals surface area (Å²) in [4.78, 5) is 37.0. The van der Waals surface area contributed by atoms with Gasteiger partial charge >= 0.3 is 0 Å². The average Bonchev–Trinajstić information content (AvgIpc) is 2.98. The number of amides is 2. The number of rotatable bonds is 7. The molecule has 9 heteroatoms. The molecule has 0 fully saturated rings. The largest absolute Gasteiger partial charge is 0.495 e. The molecular weight excluding hydrogens is 460 g/mol. The molecule has 2 heterocycles. The second-order valence-corrected chi connectivity index (χ2v) is 8.78. The van der Waals surface area contributed by atoms with Gasteiger partial charge in [0.1, 0.15) is 16.4 Å². The highest BCUT2D eigenvalue weighted by Gasteiger charge is 2.39. The number of hydrogen-bond donors (Lipinski definition) is 1. The molecule has 2 aromatic carbocycles. The fourth-order valence-corrected chi connectivity index (χ4v) is 4.64. The Morgan fingerprint density at radius 2 is 1.70 bits per heavy atom. The minimum absolute atomic E-state index is 0.157.